The summed E-state index contributed by atoms with van der Waals surface area (Å²) in [5.74, 6) is -0.502. The van der Waals surface area contributed by atoms with E-state index < -0.39 is 27.4 Å². The fraction of sp³-hybridized carbons (Fsp3) is 0.167. The van der Waals surface area contributed by atoms with Crippen molar-refractivity contribution in [3.63, 3.8) is 0 Å². The summed E-state index contributed by atoms with van der Waals surface area (Å²) in [5.41, 5.74) is 0.447. The second-order valence-electron chi connectivity index (χ2n) is 1.84. The zero-order valence-corrected chi connectivity index (χ0v) is 7.71. The van der Waals surface area contributed by atoms with Crippen LogP contribution in [0.5, 0.6) is 0 Å². The maximum atomic E-state index is 12.7. The monoisotopic (exact) mass is 268 g/mol. The number of nitrogens with one attached hydrogen (secondary N) is 1. The fourth-order valence-electron chi connectivity index (χ4n) is 0.650. The molecule has 0 aliphatic heterocycles. The van der Waals surface area contributed by atoms with Crippen LogP contribution in [0.3, 0.4) is 0 Å². The number of hydrogen-bond donors (Lipinski definition) is 1. The van der Waals surface area contributed by atoms with Gasteiger partial charge < -0.3 is 0 Å². The minimum Gasteiger partial charge on any atom is -0.252 e. The van der Waals surface area contributed by atoms with Crippen molar-refractivity contribution in [1.82, 2.24) is 8.51 Å². The lowest BCUT2D eigenvalue weighted by Crippen LogP contribution is -2.02. The fourth-order valence-corrected chi connectivity index (χ4v) is 1.22. The molecule has 0 unspecified atom stereocenters. The average molecular weight is 268 g/mol. The largest absolute Gasteiger partial charge is 0.252 e. The molecule has 0 spiro atoms. The summed E-state index contributed by atoms with van der Waals surface area (Å²) in [6.07, 6.45) is 1.38. The minimum absolute atomic E-state index is 0.288. The van der Waals surface area contributed by atoms with Gasteiger partial charge in [0.15, 0.2) is 0 Å². The first kappa shape index (κ1) is 8.66. The summed E-state index contributed by atoms with van der Waals surface area (Å²) in [7, 11) is 0. The average Bonchev–Trinajstić information content (AvgIpc) is 2.03. The summed E-state index contributed by atoms with van der Waals surface area (Å²) in [6.45, 7) is 0.288. The van der Waals surface area contributed by atoms with E-state index in [0.29, 0.717) is 5.56 Å². The van der Waals surface area contributed by atoms with Crippen LogP contribution in [0.1, 0.15) is 5.56 Å². The van der Waals surface area contributed by atoms with Crippen molar-refractivity contribution in [1.29, 1.82) is 0 Å². The SMILES string of the molecule is O=INCc1cccnc1F. The summed E-state index contributed by atoms with van der Waals surface area (Å²) in [6, 6.07) is 3.25. The smallest absolute Gasteiger partial charge is 0.237 e. The quantitative estimate of drug-likeness (QED) is 0.513. The van der Waals surface area contributed by atoms with Gasteiger partial charge in [0.1, 0.15) is 0 Å². The van der Waals surface area contributed by atoms with Gasteiger partial charge >= 0.3 is 0 Å². The van der Waals surface area contributed by atoms with E-state index in [1.807, 2.05) is 0 Å². The van der Waals surface area contributed by atoms with Crippen molar-refractivity contribution in [2.75, 3.05) is 0 Å². The standard InChI is InChI=1S/C6H6FIN2O/c7-6-5(4-10-8-11)2-1-3-9-6/h1-3H,4H2,(H,10,11). The number of hydrogen-bond acceptors (Lipinski definition) is 2. The highest BCUT2D eigenvalue weighted by molar-refractivity contribution is 14.1. The molecule has 11 heavy (non-hydrogen) atoms. The number of rotatable bonds is 3. The Labute approximate surface area is 74.0 Å². The Balaban J connectivity index is 2.69. The van der Waals surface area contributed by atoms with Gasteiger partial charge in [-0.3, -0.25) is 3.07 Å². The Kier molecular flexibility index (Phi) is 3.50. The predicted molar refractivity (Wildman–Crippen MR) is 45.7 cm³/mol. The normalized spacial score (nSPS) is 9.91. The molecule has 3 nitrogen and oxygen atoms in total. The van der Waals surface area contributed by atoms with Gasteiger partial charge in [-0.15, -0.1) is 0 Å². The van der Waals surface area contributed by atoms with E-state index in [9.17, 15) is 7.46 Å². The first-order valence-electron chi connectivity index (χ1n) is 2.93. The summed E-state index contributed by atoms with van der Waals surface area (Å²) < 4.78 is 25.3. The highest BCUT2D eigenvalue weighted by Gasteiger charge is 1.99. The molecular weight excluding hydrogens is 262 g/mol. The zero-order valence-electron chi connectivity index (χ0n) is 5.55. The van der Waals surface area contributed by atoms with E-state index in [-0.39, 0.29) is 6.54 Å². The third-order valence-corrected chi connectivity index (χ3v) is 1.84. The Morgan fingerprint density at radius 3 is 3.18 bits per heavy atom. The third kappa shape index (κ3) is 2.58. The molecule has 0 radical (unpaired) electrons. The second-order valence-corrected chi connectivity index (χ2v) is 3.04. The van der Waals surface area contributed by atoms with Crippen molar-refractivity contribution < 1.29 is 7.46 Å². The van der Waals surface area contributed by atoms with Gasteiger partial charge in [0, 0.05) is 18.3 Å². The summed E-state index contributed by atoms with van der Waals surface area (Å²) >= 11 is -1.23. The van der Waals surface area contributed by atoms with Crippen LogP contribution < -0.4 is 3.53 Å². The molecule has 0 bridgehead atoms. The maximum Gasteiger partial charge on any atom is 0.237 e. The van der Waals surface area contributed by atoms with Crippen molar-refractivity contribution in [2.24, 2.45) is 0 Å². The van der Waals surface area contributed by atoms with E-state index in [4.69, 9.17) is 0 Å². The predicted octanol–water partition coefficient (Wildman–Crippen LogP) is 1.54. The first-order chi connectivity index (χ1) is 5.34. The Morgan fingerprint density at radius 1 is 1.73 bits per heavy atom. The number of nitrogens with zero attached hydrogens (tertiary/aromatic N) is 1. The maximum absolute atomic E-state index is 12.7. The molecule has 0 aliphatic carbocycles. The van der Waals surface area contributed by atoms with Crippen LogP contribution in [0, 0.1) is 5.95 Å². The molecule has 0 atom stereocenters. The highest BCUT2D eigenvalue weighted by Crippen LogP contribution is 2.03. The number of aromatic nitrogens is 1. The van der Waals surface area contributed by atoms with Crippen LogP contribution in [-0.4, -0.2) is 4.98 Å². The highest BCUT2D eigenvalue weighted by atomic mass is 127. The molecule has 1 aromatic rings. The lowest BCUT2D eigenvalue weighted by molar-refractivity contribution is 0.565. The Bertz CT molecular complexity index is 256. The zero-order chi connectivity index (χ0) is 8.10. The van der Waals surface area contributed by atoms with Gasteiger partial charge in [-0.05, 0) is 6.07 Å². The molecule has 0 fully saturated rings. The van der Waals surface area contributed by atoms with Crippen LogP contribution >= 0.6 is 21.5 Å². The van der Waals surface area contributed by atoms with Crippen molar-refractivity contribution in [2.45, 2.75) is 6.54 Å². The topological polar surface area (TPSA) is 42.0 Å². The van der Waals surface area contributed by atoms with Gasteiger partial charge in [-0.1, -0.05) is 6.07 Å². The van der Waals surface area contributed by atoms with E-state index in [1.54, 1.807) is 12.1 Å². The van der Waals surface area contributed by atoms with Crippen molar-refractivity contribution in [3.8, 4) is 0 Å². The third-order valence-electron chi connectivity index (χ3n) is 1.15. The molecule has 60 valence electrons. The van der Waals surface area contributed by atoms with Gasteiger partial charge in [0.05, 0.1) is 0 Å². The molecule has 0 saturated carbocycles. The van der Waals surface area contributed by atoms with E-state index in [2.05, 4.69) is 8.51 Å². The molecule has 1 N–H and O–H groups in total. The van der Waals surface area contributed by atoms with Crippen LogP contribution in [0.25, 0.3) is 0 Å². The van der Waals surface area contributed by atoms with E-state index >= 15 is 0 Å². The van der Waals surface area contributed by atoms with Gasteiger partial charge in [0.25, 0.3) is 0 Å². The van der Waals surface area contributed by atoms with Crippen LogP contribution in [0.15, 0.2) is 18.3 Å². The molecule has 5 heteroatoms. The van der Waals surface area contributed by atoms with Gasteiger partial charge in [-0.2, -0.15) is 4.39 Å². The molecule has 1 rings (SSSR count). The minimum atomic E-state index is -1.23. The molecule has 1 heterocycles. The lowest BCUT2D eigenvalue weighted by atomic mass is 10.3. The molecule has 0 aliphatic rings. The van der Waals surface area contributed by atoms with Crippen LogP contribution in [0.4, 0.5) is 4.39 Å². The summed E-state index contributed by atoms with van der Waals surface area (Å²) in [4.78, 5) is 3.44. The second kappa shape index (κ2) is 4.45. The van der Waals surface area contributed by atoms with Crippen molar-refractivity contribution in [3.05, 3.63) is 29.8 Å². The van der Waals surface area contributed by atoms with Crippen LogP contribution in [-0.2, 0) is 9.61 Å². The Morgan fingerprint density at radius 2 is 2.55 bits per heavy atom. The summed E-state index contributed by atoms with van der Waals surface area (Å²) in [5, 5.41) is 0. The van der Waals surface area contributed by atoms with Gasteiger partial charge in [0.2, 0.25) is 27.4 Å². The molecule has 0 saturated heterocycles. The van der Waals surface area contributed by atoms with E-state index in [1.165, 1.54) is 6.20 Å². The number of pyridine rings is 1. The van der Waals surface area contributed by atoms with E-state index in [0.717, 1.165) is 0 Å². The molecule has 0 aromatic carbocycles. The molecule has 1 aromatic heterocycles. The van der Waals surface area contributed by atoms with Crippen LogP contribution in [0.2, 0.25) is 0 Å². The van der Waals surface area contributed by atoms with Crippen molar-refractivity contribution >= 4 is 21.5 Å². The molecular formula is C6H6FIN2O. The Hall–Kier alpha value is -0.430. The number of halogens is 2. The molecule has 0 amide bonds. The first-order valence-corrected chi connectivity index (χ1v) is 4.89. The lowest BCUT2D eigenvalue weighted by Gasteiger charge is -1.96. The van der Waals surface area contributed by atoms with Gasteiger partial charge in [-0.25, -0.2) is 8.51 Å².